The van der Waals surface area contributed by atoms with Crippen LogP contribution in [0.15, 0.2) is 29.6 Å². The molecule has 166 valence electrons. The number of benzene rings is 1. The standard InChI is InChI=1S/C21H25ClN4O4S/c1-21(2,3)30-20(29)26-9-7-13(8-10-26)19-23-16(12-31-19)18(28)25-24-17(27)14-5-4-6-15(22)11-14/h4-6,11-13H,7-10H2,1-3H3,(H,24,27)(H,25,28). The third-order valence-electron chi connectivity index (χ3n) is 4.63. The van der Waals surface area contributed by atoms with Crippen LogP contribution in [0.2, 0.25) is 5.02 Å². The first-order valence-electron chi connectivity index (χ1n) is 9.92. The number of thiazole rings is 1. The summed E-state index contributed by atoms with van der Waals surface area (Å²) in [4.78, 5) is 42.8. The van der Waals surface area contributed by atoms with Gasteiger partial charge in [-0.3, -0.25) is 20.4 Å². The maximum absolute atomic E-state index is 12.3. The highest BCUT2D eigenvalue weighted by atomic mass is 35.5. The molecule has 2 heterocycles. The fourth-order valence-corrected chi connectivity index (χ4v) is 4.26. The van der Waals surface area contributed by atoms with Crippen molar-refractivity contribution < 1.29 is 19.1 Å². The van der Waals surface area contributed by atoms with Crippen LogP contribution in [0.1, 0.15) is 65.4 Å². The van der Waals surface area contributed by atoms with Gasteiger partial charge in [-0.25, -0.2) is 9.78 Å². The number of carbonyl (C=O) groups is 3. The lowest BCUT2D eigenvalue weighted by atomic mass is 9.98. The minimum atomic E-state index is -0.520. The van der Waals surface area contributed by atoms with Crippen molar-refractivity contribution >= 4 is 40.8 Å². The van der Waals surface area contributed by atoms with E-state index < -0.39 is 17.4 Å². The van der Waals surface area contributed by atoms with Crippen molar-refractivity contribution in [1.29, 1.82) is 0 Å². The first-order chi connectivity index (χ1) is 14.6. The second-order valence-corrected chi connectivity index (χ2v) is 9.56. The van der Waals surface area contributed by atoms with Gasteiger partial charge in [0.25, 0.3) is 11.8 Å². The van der Waals surface area contributed by atoms with E-state index in [1.54, 1.807) is 28.5 Å². The van der Waals surface area contributed by atoms with Gasteiger partial charge in [-0.2, -0.15) is 0 Å². The highest BCUT2D eigenvalue weighted by Gasteiger charge is 2.29. The Kier molecular flexibility index (Phi) is 7.17. The summed E-state index contributed by atoms with van der Waals surface area (Å²) in [6.07, 6.45) is 1.19. The van der Waals surface area contributed by atoms with Gasteiger partial charge >= 0.3 is 6.09 Å². The number of hydrazine groups is 1. The number of ether oxygens (including phenoxy) is 1. The van der Waals surface area contributed by atoms with Gasteiger partial charge in [-0.05, 0) is 51.8 Å². The first-order valence-corrected chi connectivity index (χ1v) is 11.2. The largest absolute Gasteiger partial charge is 0.444 e. The van der Waals surface area contributed by atoms with E-state index in [0.717, 1.165) is 17.8 Å². The molecule has 1 aromatic heterocycles. The van der Waals surface area contributed by atoms with Gasteiger partial charge in [0.05, 0.1) is 5.01 Å². The molecule has 0 saturated carbocycles. The molecule has 1 fully saturated rings. The zero-order valence-electron chi connectivity index (χ0n) is 17.6. The van der Waals surface area contributed by atoms with Gasteiger partial charge < -0.3 is 9.64 Å². The van der Waals surface area contributed by atoms with Crippen molar-refractivity contribution in [3.05, 3.63) is 50.9 Å². The predicted octanol–water partition coefficient (Wildman–Crippen LogP) is 3.99. The third-order valence-corrected chi connectivity index (χ3v) is 5.87. The number of piperidine rings is 1. The number of amides is 3. The first kappa shape index (κ1) is 23.0. The van der Waals surface area contributed by atoms with E-state index in [1.807, 2.05) is 20.8 Å². The predicted molar refractivity (Wildman–Crippen MR) is 118 cm³/mol. The number of halogens is 1. The van der Waals surface area contributed by atoms with Crippen LogP contribution in [0.25, 0.3) is 0 Å². The quantitative estimate of drug-likeness (QED) is 0.669. The van der Waals surface area contributed by atoms with Gasteiger partial charge in [-0.1, -0.05) is 17.7 Å². The molecule has 0 unspecified atom stereocenters. The molecule has 2 N–H and O–H groups in total. The number of nitrogens with zero attached hydrogens (tertiary/aromatic N) is 2. The molecule has 10 heteroatoms. The number of aromatic nitrogens is 1. The summed E-state index contributed by atoms with van der Waals surface area (Å²) in [5.74, 6) is -0.795. The van der Waals surface area contributed by atoms with Crippen LogP contribution in [0, 0.1) is 0 Å². The van der Waals surface area contributed by atoms with Crippen LogP contribution in [0.4, 0.5) is 4.79 Å². The Morgan fingerprint density at radius 1 is 1.16 bits per heavy atom. The Morgan fingerprint density at radius 2 is 1.84 bits per heavy atom. The van der Waals surface area contributed by atoms with E-state index in [0.29, 0.717) is 23.7 Å². The lowest BCUT2D eigenvalue weighted by Crippen LogP contribution is -2.42. The van der Waals surface area contributed by atoms with Gasteiger partial charge in [-0.15, -0.1) is 11.3 Å². The van der Waals surface area contributed by atoms with Crippen molar-refractivity contribution in [2.45, 2.75) is 45.1 Å². The summed E-state index contributed by atoms with van der Waals surface area (Å²) < 4.78 is 5.42. The fourth-order valence-electron chi connectivity index (χ4n) is 3.09. The Bertz CT molecular complexity index is 964. The Hall–Kier alpha value is -2.65. The van der Waals surface area contributed by atoms with Crippen LogP contribution in [0.3, 0.4) is 0 Å². The summed E-state index contributed by atoms with van der Waals surface area (Å²) in [5, 5.41) is 2.94. The van der Waals surface area contributed by atoms with E-state index in [4.69, 9.17) is 16.3 Å². The molecule has 0 radical (unpaired) electrons. The van der Waals surface area contributed by atoms with Gasteiger partial charge in [0.2, 0.25) is 0 Å². The SMILES string of the molecule is CC(C)(C)OC(=O)N1CCC(c2nc(C(=O)NNC(=O)c3cccc(Cl)c3)cs2)CC1. The highest BCUT2D eigenvalue weighted by molar-refractivity contribution is 7.09. The molecule has 3 rings (SSSR count). The molecule has 0 aliphatic carbocycles. The molecule has 1 aliphatic heterocycles. The van der Waals surface area contributed by atoms with Crippen molar-refractivity contribution in [3.63, 3.8) is 0 Å². The third kappa shape index (κ3) is 6.41. The second kappa shape index (κ2) is 9.65. The lowest BCUT2D eigenvalue weighted by molar-refractivity contribution is 0.0204. The number of hydrogen-bond acceptors (Lipinski definition) is 6. The van der Waals surface area contributed by atoms with E-state index in [2.05, 4.69) is 15.8 Å². The minimum absolute atomic E-state index is 0.172. The molecular weight excluding hydrogens is 440 g/mol. The maximum Gasteiger partial charge on any atom is 0.410 e. The van der Waals surface area contributed by atoms with Crippen LogP contribution in [-0.2, 0) is 4.74 Å². The summed E-state index contributed by atoms with van der Waals surface area (Å²) in [6, 6.07) is 6.41. The van der Waals surface area contributed by atoms with Crippen LogP contribution < -0.4 is 10.9 Å². The summed E-state index contributed by atoms with van der Waals surface area (Å²) in [7, 11) is 0. The van der Waals surface area contributed by atoms with Crippen LogP contribution >= 0.6 is 22.9 Å². The Labute approximate surface area is 189 Å². The summed E-state index contributed by atoms with van der Waals surface area (Å²) >= 11 is 7.27. The number of likely N-dealkylation sites (tertiary alicyclic amines) is 1. The monoisotopic (exact) mass is 464 g/mol. The zero-order chi connectivity index (χ0) is 22.6. The van der Waals surface area contributed by atoms with E-state index in [-0.39, 0.29) is 17.7 Å². The maximum atomic E-state index is 12.3. The molecule has 2 aromatic rings. The van der Waals surface area contributed by atoms with E-state index in [9.17, 15) is 14.4 Å². The molecule has 0 bridgehead atoms. The number of carbonyl (C=O) groups excluding carboxylic acids is 3. The second-order valence-electron chi connectivity index (χ2n) is 8.23. The number of nitrogens with one attached hydrogen (secondary N) is 2. The average molecular weight is 465 g/mol. The molecule has 0 spiro atoms. The Morgan fingerprint density at radius 3 is 2.48 bits per heavy atom. The van der Waals surface area contributed by atoms with E-state index in [1.165, 1.54) is 17.4 Å². The Balaban J connectivity index is 1.50. The van der Waals surface area contributed by atoms with Gasteiger partial charge in [0.1, 0.15) is 11.3 Å². The molecule has 0 atom stereocenters. The number of hydrogen-bond donors (Lipinski definition) is 2. The summed E-state index contributed by atoms with van der Waals surface area (Å²) in [6.45, 7) is 6.69. The van der Waals surface area contributed by atoms with Gasteiger partial charge in [0.15, 0.2) is 0 Å². The molecule has 3 amide bonds. The topological polar surface area (TPSA) is 101 Å². The summed E-state index contributed by atoms with van der Waals surface area (Å²) in [5.41, 5.74) is 4.78. The molecular formula is C21H25ClN4O4S. The fraction of sp³-hybridized carbons (Fsp3) is 0.429. The highest BCUT2D eigenvalue weighted by Crippen LogP contribution is 2.30. The molecule has 1 aliphatic rings. The van der Waals surface area contributed by atoms with E-state index >= 15 is 0 Å². The van der Waals surface area contributed by atoms with Crippen molar-refractivity contribution in [1.82, 2.24) is 20.7 Å². The molecule has 8 nitrogen and oxygen atoms in total. The van der Waals surface area contributed by atoms with Crippen molar-refractivity contribution in [2.24, 2.45) is 0 Å². The smallest absolute Gasteiger partial charge is 0.410 e. The molecule has 1 saturated heterocycles. The van der Waals surface area contributed by atoms with Crippen LogP contribution in [-0.4, -0.2) is 46.5 Å². The lowest BCUT2D eigenvalue weighted by Gasteiger charge is -2.32. The molecule has 31 heavy (non-hydrogen) atoms. The van der Waals surface area contributed by atoms with Gasteiger partial charge in [0, 0.05) is 35.0 Å². The normalized spacial score (nSPS) is 14.8. The average Bonchev–Trinajstić information content (AvgIpc) is 3.21. The van der Waals surface area contributed by atoms with Crippen molar-refractivity contribution in [2.75, 3.05) is 13.1 Å². The minimum Gasteiger partial charge on any atom is -0.444 e. The molecule has 1 aromatic carbocycles. The van der Waals surface area contributed by atoms with Crippen LogP contribution in [0.5, 0.6) is 0 Å². The number of rotatable bonds is 3. The van der Waals surface area contributed by atoms with Crippen molar-refractivity contribution in [3.8, 4) is 0 Å². The zero-order valence-corrected chi connectivity index (χ0v) is 19.2.